The average Bonchev–Trinajstić information content (AvgIpc) is 2.53. The summed E-state index contributed by atoms with van der Waals surface area (Å²) in [4.78, 5) is 13.1. The van der Waals surface area contributed by atoms with Gasteiger partial charge in [-0.05, 0) is 51.4 Å². The number of aryl methyl sites for hydroxylation is 1. The number of hydrogen-bond donors (Lipinski definition) is 0. The molecule has 1 saturated heterocycles. The molecule has 1 aromatic rings. The lowest BCUT2D eigenvalue weighted by atomic mass is 9.98. The van der Waals surface area contributed by atoms with Gasteiger partial charge in [-0.3, -0.25) is 10.1 Å². The summed E-state index contributed by atoms with van der Waals surface area (Å²) in [5.74, 6) is 1.52. The Morgan fingerprint density at radius 2 is 2.00 bits per heavy atom. The zero-order chi connectivity index (χ0) is 16.1. The van der Waals surface area contributed by atoms with Crippen LogP contribution in [0.4, 0.5) is 5.69 Å². The highest BCUT2D eigenvalue weighted by atomic mass is 16.6. The van der Waals surface area contributed by atoms with E-state index in [-0.39, 0.29) is 10.6 Å². The maximum atomic E-state index is 11.2. The molecule has 1 fully saturated rings. The van der Waals surface area contributed by atoms with Gasteiger partial charge in [-0.25, -0.2) is 0 Å². The molecule has 0 saturated carbocycles. The fourth-order valence-corrected chi connectivity index (χ4v) is 2.75. The van der Waals surface area contributed by atoms with Gasteiger partial charge in [0.25, 0.3) is 5.69 Å². The van der Waals surface area contributed by atoms with Gasteiger partial charge in [0.05, 0.1) is 24.7 Å². The second-order valence-corrected chi connectivity index (χ2v) is 5.80. The monoisotopic (exact) mass is 308 g/mol. The maximum absolute atomic E-state index is 11.2. The van der Waals surface area contributed by atoms with E-state index in [0.29, 0.717) is 36.0 Å². The number of hydrogen-bond acceptors (Lipinski definition) is 5. The van der Waals surface area contributed by atoms with Crippen molar-refractivity contribution in [3.05, 3.63) is 27.8 Å². The van der Waals surface area contributed by atoms with Gasteiger partial charge in [-0.2, -0.15) is 0 Å². The SMILES string of the molecule is CCc1cc(OC)c(OCC2CCN(C)CC2)cc1[N+](=O)[O-]. The standard InChI is InChI=1S/C16H24N2O4/c1-4-13-9-15(21-3)16(10-14(13)18(19)20)22-11-12-5-7-17(2)8-6-12/h9-10,12H,4-8,11H2,1-3H3. The average molecular weight is 308 g/mol. The highest BCUT2D eigenvalue weighted by Crippen LogP contribution is 2.35. The van der Waals surface area contributed by atoms with E-state index in [1.54, 1.807) is 13.2 Å². The number of nitro groups is 1. The van der Waals surface area contributed by atoms with Gasteiger partial charge >= 0.3 is 0 Å². The molecule has 1 aliphatic heterocycles. The molecule has 6 heteroatoms. The van der Waals surface area contributed by atoms with Crippen LogP contribution in [0.15, 0.2) is 12.1 Å². The van der Waals surface area contributed by atoms with Crippen molar-refractivity contribution in [3.8, 4) is 11.5 Å². The molecule has 0 bridgehead atoms. The summed E-state index contributed by atoms with van der Waals surface area (Å²) in [6.45, 7) is 4.60. The minimum Gasteiger partial charge on any atom is -0.493 e. The van der Waals surface area contributed by atoms with Crippen LogP contribution in [0.2, 0.25) is 0 Å². The van der Waals surface area contributed by atoms with E-state index in [1.807, 2.05) is 6.92 Å². The van der Waals surface area contributed by atoms with E-state index >= 15 is 0 Å². The Bertz CT molecular complexity index is 525. The molecule has 6 nitrogen and oxygen atoms in total. The van der Waals surface area contributed by atoms with Crippen LogP contribution in [-0.4, -0.2) is 43.7 Å². The highest BCUT2D eigenvalue weighted by Gasteiger charge is 2.21. The zero-order valence-corrected chi connectivity index (χ0v) is 13.5. The second-order valence-electron chi connectivity index (χ2n) is 5.80. The number of nitrogens with zero attached hydrogens (tertiary/aromatic N) is 2. The van der Waals surface area contributed by atoms with Gasteiger partial charge in [-0.1, -0.05) is 6.92 Å². The molecule has 0 amide bonds. The number of benzene rings is 1. The summed E-state index contributed by atoms with van der Waals surface area (Å²) in [7, 11) is 3.68. The molecule has 0 unspecified atom stereocenters. The Balaban J connectivity index is 2.11. The van der Waals surface area contributed by atoms with Crippen molar-refractivity contribution in [1.82, 2.24) is 4.90 Å². The molecule has 0 spiro atoms. The van der Waals surface area contributed by atoms with Crippen molar-refractivity contribution in [2.75, 3.05) is 33.9 Å². The van der Waals surface area contributed by atoms with Crippen molar-refractivity contribution in [2.24, 2.45) is 5.92 Å². The fourth-order valence-electron chi connectivity index (χ4n) is 2.75. The van der Waals surface area contributed by atoms with Crippen LogP contribution in [0, 0.1) is 16.0 Å². The smallest absolute Gasteiger partial charge is 0.276 e. The minimum absolute atomic E-state index is 0.0988. The molecule has 0 N–H and O–H groups in total. The maximum Gasteiger partial charge on any atom is 0.276 e. The molecule has 0 atom stereocenters. The Morgan fingerprint density at radius 3 is 2.55 bits per heavy atom. The lowest BCUT2D eigenvalue weighted by Gasteiger charge is -2.28. The molecule has 0 aliphatic carbocycles. The largest absolute Gasteiger partial charge is 0.493 e. The normalized spacial score (nSPS) is 16.5. The van der Waals surface area contributed by atoms with E-state index in [9.17, 15) is 10.1 Å². The van der Waals surface area contributed by atoms with Crippen LogP contribution < -0.4 is 9.47 Å². The Morgan fingerprint density at radius 1 is 1.32 bits per heavy atom. The van der Waals surface area contributed by atoms with Gasteiger partial charge in [-0.15, -0.1) is 0 Å². The first-order chi connectivity index (χ1) is 10.5. The summed E-state index contributed by atoms with van der Waals surface area (Å²) in [5.41, 5.74) is 0.759. The number of ether oxygens (including phenoxy) is 2. The molecular weight excluding hydrogens is 284 g/mol. The lowest BCUT2D eigenvalue weighted by Crippen LogP contribution is -2.32. The van der Waals surface area contributed by atoms with Gasteiger partial charge in [0.15, 0.2) is 11.5 Å². The first-order valence-corrected chi connectivity index (χ1v) is 7.71. The number of piperidine rings is 1. The topological polar surface area (TPSA) is 64.8 Å². The highest BCUT2D eigenvalue weighted by molar-refractivity contribution is 5.54. The molecule has 1 heterocycles. The van der Waals surface area contributed by atoms with E-state index in [1.165, 1.54) is 6.07 Å². The fraction of sp³-hybridized carbons (Fsp3) is 0.625. The predicted octanol–water partition coefficient (Wildman–Crippen LogP) is 2.89. The van der Waals surface area contributed by atoms with Gasteiger partial charge < -0.3 is 14.4 Å². The van der Waals surface area contributed by atoms with Crippen LogP contribution in [0.5, 0.6) is 11.5 Å². The van der Waals surface area contributed by atoms with E-state index < -0.39 is 0 Å². The molecule has 22 heavy (non-hydrogen) atoms. The third-order valence-electron chi connectivity index (χ3n) is 4.26. The van der Waals surface area contributed by atoms with Crippen LogP contribution in [0.3, 0.4) is 0 Å². The first-order valence-electron chi connectivity index (χ1n) is 7.71. The third-order valence-corrected chi connectivity index (χ3v) is 4.26. The molecule has 122 valence electrons. The van der Waals surface area contributed by atoms with Crippen molar-refractivity contribution < 1.29 is 14.4 Å². The molecule has 1 aliphatic rings. The van der Waals surface area contributed by atoms with Gasteiger partial charge in [0.1, 0.15) is 0 Å². The molecule has 2 rings (SSSR count). The van der Waals surface area contributed by atoms with Crippen molar-refractivity contribution >= 4 is 5.69 Å². The van der Waals surface area contributed by atoms with Crippen molar-refractivity contribution in [2.45, 2.75) is 26.2 Å². The van der Waals surface area contributed by atoms with E-state index in [4.69, 9.17) is 9.47 Å². The second kappa shape index (κ2) is 7.45. The number of nitro benzene ring substituents is 1. The Kier molecular flexibility index (Phi) is 5.60. The number of rotatable bonds is 6. The number of likely N-dealkylation sites (tertiary alicyclic amines) is 1. The van der Waals surface area contributed by atoms with Crippen LogP contribution in [-0.2, 0) is 6.42 Å². The Labute approximate surface area is 131 Å². The molecule has 0 radical (unpaired) electrons. The first kappa shape index (κ1) is 16.5. The summed E-state index contributed by atoms with van der Waals surface area (Å²) in [6.07, 6.45) is 2.77. The summed E-state index contributed by atoms with van der Waals surface area (Å²) < 4.78 is 11.2. The zero-order valence-electron chi connectivity index (χ0n) is 13.5. The molecular formula is C16H24N2O4. The van der Waals surface area contributed by atoms with Gasteiger partial charge in [0.2, 0.25) is 0 Å². The minimum atomic E-state index is -0.360. The van der Waals surface area contributed by atoms with Crippen LogP contribution >= 0.6 is 0 Å². The summed E-state index contributed by atoms with van der Waals surface area (Å²) in [5, 5.41) is 11.2. The molecule has 0 aromatic heterocycles. The lowest BCUT2D eigenvalue weighted by molar-refractivity contribution is -0.385. The van der Waals surface area contributed by atoms with Crippen molar-refractivity contribution in [1.29, 1.82) is 0 Å². The Hall–Kier alpha value is -1.82. The summed E-state index contributed by atoms with van der Waals surface area (Å²) >= 11 is 0. The summed E-state index contributed by atoms with van der Waals surface area (Å²) in [6, 6.07) is 3.20. The third kappa shape index (κ3) is 3.88. The number of methoxy groups -OCH3 is 1. The van der Waals surface area contributed by atoms with Crippen molar-refractivity contribution in [3.63, 3.8) is 0 Å². The molecule has 1 aromatic carbocycles. The van der Waals surface area contributed by atoms with E-state index in [2.05, 4.69) is 11.9 Å². The van der Waals surface area contributed by atoms with Crippen LogP contribution in [0.25, 0.3) is 0 Å². The van der Waals surface area contributed by atoms with E-state index in [0.717, 1.165) is 25.9 Å². The van der Waals surface area contributed by atoms with Gasteiger partial charge in [0, 0.05) is 5.56 Å². The van der Waals surface area contributed by atoms with Crippen LogP contribution in [0.1, 0.15) is 25.3 Å². The predicted molar refractivity (Wildman–Crippen MR) is 84.7 cm³/mol. The quantitative estimate of drug-likeness (QED) is 0.597.